The number of para-hydroxylation sites is 2. The van der Waals surface area contributed by atoms with Crippen molar-refractivity contribution in [3.05, 3.63) is 148 Å². The number of hydrogen-bond donors (Lipinski definition) is 0. The van der Waals surface area contributed by atoms with Crippen molar-refractivity contribution in [1.29, 1.82) is 0 Å². The zero-order valence-corrected chi connectivity index (χ0v) is 20.5. The van der Waals surface area contributed by atoms with Gasteiger partial charge in [-0.3, -0.25) is 0 Å². The molecule has 1 heterocycles. The van der Waals surface area contributed by atoms with E-state index in [1.54, 1.807) is 11.3 Å². The molecule has 0 unspecified atom stereocenters. The summed E-state index contributed by atoms with van der Waals surface area (Å²) in [7, 11) is 0. The second kappa shape index (κ2) is 10.9. The standard InChI is InChI=1S/C33H27NS/c1-26-23-33(35-25-26)22-19-29-10-8-9-28(24-29)16-15-27-17-20-32(21-18-27)34(30-11-4-2-5-12-30)31-13-6-3-7-14-31/h2-25H,1H3. The summed E-state index contributed by atoms with van der Waals surface area (Å²) < 4.78 is 0. The Kier molecular flexibility index (Phi) is 7.02. The van der Waals surface area contributed by atoms with Gasteiger partial charge in [0.05, 0.1) is 0 Å². The molecule has 0 N–H and O–H groups in total. The molecule has 0 aliphatic heterocycles. The maximum Gasteiger partial charge on any atom is 0.0462 e. The molecule has 35 heavy (non-hydrogen) atoms. The number of nitrogens with zero attached hydrogens (tertiary/aromatic N) is 1. The van der Waals surface area contributed by atoms with Crippen LogP contribution in [0.5, 0.6) is 0 Å². The summed E-state index contributed by atoms with van der Waals surface area (Å²) in [5, 5.41) is 2.18. The summed E-state index contributed by atoms with van der Waals surface area (Å²) in [5.74, 6) is 0. The number of hydrogen-bond acceptors (Lipinski definition) is 2. The highest BCUT2D eigenvalue weighted by molar-refractivity contribution is 7.11. The molecule has 0 fully saturated rings. The van der Waals surface area contributed by atoms with Gasteiger partial charge >= 0.3 is 0 Å². The van der Waals surface area contributed by atoms with Crippen LogP contribution in [0.4, 0.5) is 17.1 Å². The molecule has 4 aromatic carbocycles. The minimum Gasteiger partial charge on any atom is -0.311 e. The fourth-order valence-corrected chi connectivity index (χ4v) is 4.80. The summed E-state index contributed by atoms with van der Waals surface area (Å²) in [5.41, 5.74) is 8.30. The van der Waals surface area contributed by atoms with E-state index in [-0.39, 0.29) is 0 Å². The number of aryl methyl sites for hydroxylation is 1. The van der Waals surface area contributed by atoms with Gasteiger partial charge in [-0.15, -0.1) is 11.3 Å². The molecule has 0 saturated carbocycles. The Morgan fingerprint density at radius 3 is 1.63 bits per heavy atom. The molecule has 0 aliphatic rings. The van der Waals surface area contributed by atoms with Crippen molar-refractivity contribution in [2.75, 3.05) is 4.90 Å². The van der Waals surface area contributed by atoms with Gasteiger partial charge < -0.3 is 4.90 Å². The fourth-order valence-electron chi connectivity index (χ4n) is 4.01. The van der Waals surface area contributed by atoms with Crippen LogP contribution in [-0.4, -0.2) is 0 Å². The van der Waals surface area contributed by atoms with Crippen LogP contribution in [0.2, 0.25) is 0 Å². The Balaban J connectivity index is 1.34. The van der Waals surface area contributed by atoms with Crippen molar-refractivity contribution in [2.24, 2.45) is 0 Å². The van der Waals surface area contributed by atoms with E-state index in [2.05, 4.69) is 157 Å². The Morgan fingerprint density at radius 2 is 1.06 bits per heavy atom. The van der Waals surface area contributed by atoms with Gasteiger partial charge in [-0.05, 0) is 89.2 Å². The van der Waals surface area contributed by atoms with Crippen molar-refractivity contribution < 1.29 is 0 Å². The van der Waals surface area contributed by atoms with E-state index < -0.39 is 0 Å². The molecule has 5 aromatic rings. The highest BCUT2D eigenvalue weighted by Crippen LogP contribution is 2.34. The van der Waals surface area contributed by atoms with Crippen molar-refractivity contribution in [3.8, 4) is 0 Å². The summed E-state index contributed by atoms with van der Waals surface area (Å²) in [6, 6.07) is 40.5. The summed E-state index contributed by atoms with van der Waals surface area (Å²) >= 11 is 1.78. The lowest BCUT2D eigenvalue weighted by Crippen LogP contribution is -2.09. The average molecular weight is 470 g/mol. The van der Waals surface area contributed by atoms with Crippen molar-refractivity contribution in [3.63, 3.8) is 0 Å². The third kappa shape index (κ3) is 5.87. The Labute approximate surface area is 212 Å². The van der Waals surface area contributed by atoms with E-state index in [4.69, 9.17) is 0 Å². The molecule has 0 aliphatic carbocycles. The van der Waals surface area contributed by atoms with E-state index in [9.17, 15) is 0 Å². The van der Waals surface area contributed by atoms with E-state index in [1.165, 1.54) is 27.1 Å². The molecular weight excluding hydrogens is 442 g/mol. The first-order chi connectivity index (χ1) is 17.2. The smallest absolute Gasteiger partial charge is 0.0462 e. The maximum atomic E-state index is 2.28. The number of benzene rings is 4. The predicted octanol–water partition coefficient (Wildman–Crippen LogP) is 9.87. The predicted molar refractivity (Wildman–Crippen MR) is 154 cm³/mol. The topological polar surface area (TPSA) is 3.24 Å². The van der Waals surface area contributed by atoms with Crippen LogP contribution in [0.1, 0.15) is 27.1 Å². The van der Waals surface area contributed by atoms with Crippen molar-refractivity contribution in [2.45, 2.75) is 6.92 Å². The van der Waals surface area contributed by atoms with Gasteiger partial charge in [0.25, 0.3) is 0 Å². The Morgan fingerprint density at radius 1 is 0.514 bits per heavy atom. The third-order valence-electron chi connectivity index (χ3n) is 5.75. The van der Waals surface area contributed by atoms with E-state index >= 15 is 0 Å². The SMILES string of the molecule is Cc1csc(C=Cc2cccc(C=Cc3ccc(N(c4ccccc4)c4ccccc4)cc3)c2)c1. The zero-order chi connectivity index (χ0) is 23.9. The number of anilines is 3. The minimum absolute atomic E-state index is 1.13. The van der Waals surface area contributed by atoms with E-state index in [0.29, 0.717) is 0 Å². The molecule has 0 saturated heterocycles. The van der Waals surface area contributed by atoms with Gasteiger partial charge in [0, 0.05) is 21.9 Å². The lowest BCUT2D eigenvalue weighted by molar-refractivity contribution is 1.28. The molecule has 0 radical (unpaired) electrons. The first-order valence-corrected chi connectivity index (χ1v) is 12.6. The molecule has 5 rings (SSSR count). The molecule has 0 bridgehead atoms. The summed E-state index contributed by atoms with van der Waals surface area (Å²) in [6.45, 7) is 2.13. The van der Waals surface area contributed by atoms with Crippen LogP contribution >= 0.6 is 11.3 Å². The third-order valence-corrected chi connectivity index (χ3v) is 6.77. The van der Waals surface area contributed by atoms with Gasteiger partial charge in [-0.2, -0.15) is 0 Å². The van der Waals surface area contributed by atoms with Crippen LogP contribution in [0, 0.1) is 6.92 Å². The normalized spacial score (nSPS) is 11.3. The highest BCUT2D eigenvalue weighted by atomic mass is 32.1. The van der Waals surface area contributed by atoms with E-state index in [1.807, 2.05) is 0 Å². The molecule has 0 atom stereocenters. The van der Waals surface area contributed by atoms with Gasteiger partial charge in [0.1, 0.15) is 0 Å². The average Bonchev–Trinajstić information content (AvgIpc) is 3.34. The van der Waals surface area contributed by atoms with Crippen LogP contribution in [0.25, 0.3) is 24.3 Å². The molecule has 170 valence electrons. The number of rotatable bonds is 7. The first kappa shape index (κ1) is 22.6. The van der Waals surface area contributed by atoms with Gasteiger partial charge in [0.2, 0.25) is 0 Å². The largest absolute Gasteiger partial charge is 0.311 e. The fraction of sp³-hybridized carbons (Fsp3) is 0.0303. The van der Waals surface area contributed by atoms with Gasteiger partial charge in [-0.25, -0.2) is 0 Å². The van der Waals surface area contributed by atoms with Crippen LogP contribution in [-0.2, 0) is 0 Å². The molecule has 0 amide bonds. The molecular formula is C33H27NS. The van der Waals surface area contributed by atoms with Crippen LogP contribution < -0.4 is 4.90 Å². The van der Waals surface area contributed by atoms with Gasteiger partial charge in [0.15, 0.2) is 0 Å². The quantitative estimate of drug-likeness (QED) is 0.214. The molecule has 1 nitrogen and oxygen atoms in total. The molecule has 0 spiro atoms. The summed E-state index contributed by atoms with van der Waals surface area (Å²) in [6.07, 6.45) is 8.71. The Bertz CT molecular complexity index is 1390. The highest BCUT2D eigenvalue weighted by Gasteiger charge is 2.11. The Hall–Kier alpha value is -4.14. The van der Waals surface area contributed by atoms with E-state index in [0.717, 1.165) is 17.1 Å². The lowest BCUT2D eigenvalue weighted by Gasteiger charge is -2.25. The van der Waals surface area contributed by atoms with Crippen LogP contribution in [0.3, 0.4) is 0 Å². The number of thiophene rings is 1. The maximum absolute atomic E-state index is 2.28. The molecule has 1 aromatic heterocycles. The molecule has 2 heteroatoms. The summed E-state index contributed by atoms with van der Waals surface area (Å²) in [4.78, 5) is 3.56. The second-order valence-corrected chi connectivity index (χ2v) is 9.40. The minimum atomic E-state index is 1.13. The van der Waals surface area contributed by atoms with Crippen molar-refractivity contribution >= 4 is 52.7 Å². The lowest BCUT2D eigenvalue weighted by atomic mass is 10.1. The monoisotopic (exact) mass is 469 g/mol. The first-order valence-electron chi connectivity index (χ1n) is 11.8. The van der Waals surface area contributed by atoms with Crippen molar-refractivity contribution in [1.82, 2.24) is 0 Å². The zero-order valence-electron chi connectivity index (χ0n) is 19.7. The van der Waals surface area contributed by atoms with Gasteiger partial charge in [-0.1, -0.05) is 85.0 Å². The second-order valence-electron chi connectivity index (χ2n) is 8.46. The van der Waals surface area contributed by atoms with Crippen LogP contribution in [0.15, 0.2) is 121 Å².